The summed E-state index contributed by atoms with van der Waals surface area (Å²) in [6.45, 7) is 8.89. The van der Waals surface area contributed by atoms with Gasteiger partial charge in [-0.1, -0.05) is 11.6 Å². The number of benzene rings is 1. The van der Waals surface area contributed by atoms with Gasteiger partial charge in [0.15, 0.2) is 0 Å². The van der Waals surface area contributed by atoms with Gasteiger partial charge >= 0.3 is 0 Å². The molecule has 5 heteroatoms. The number of ether oxygens (including phenoxy) is 1. The zero-order valence-electron chi connectivity index (χ0n) is 11.8. The number of aliphatic hydroxyl groups is 1. The standard InChI is InChI=1S/C14H22ClNO2.ClH/c1-10-7-11(15)5-6-13(10)18-9-12(17)8-16-14(2,3)4;/h5-7,12,16-17H,8-9H2,1-4H3;1H/p-1. The molecular weight excluding hydrogens is 285 g/mol. The number of nitrogens with one attached hydrogen (secondary N) is 1. The SMILES string of the molecule is Cc1cc(Cl)ccc1OCC(O)CNC(C)(C)C.[Cl-]. The number of β-amino-alcohol motifs (C(OH)–C–C–N with tert-alkyl or cyclic N) is 1. The first-order valence-electron chi connectivity index (χ1n) is 6.10. The number of aryl methyl sites for hydroxylation is 1. The molecular formula is C14H22Cl2NO2-. The molecule has 0 amide bonds. The number of rotatable bonds is 5. The molecule has 0 saturated carbocycles. The van der Waals surface area contributed by atoms with E-state index in [1.165, 1.54) is 0 Å². The molecule has 110 valence electrons. The van der Waals surface area contributed by atoms with E-state index < -0.39 is 6.10 Å². The van der Waals surface area contributed by atoms with Crippen LogP contribution in [0.25, 0.3) is 0 Å². The summed E-state index contributed by atoms with van der Waals surface area (Å²) in [4.78, 5) is 0. The average Bonchev–Trinajstić information content (AvgIpc) is 2.24. The fourth-order valence-electron chi connectivity index (χ4n) is 1.44. The monoisotopic (exact) mass is 306 g/mol. The maximum Gasteiger partial charge on any atom is 0.122 e. The van der Waals surface area contributed by atoms with Crippen molar-refractivity contribution >= 4 is 11.6 Å². The van der Waals surface area contributed by atoms with E-state index >= 15 is 0 Å². The Hall–Kier alpha value is -0.480. The molecule has 3 nitrogen and oxygen atoms in total. The van der Waals surface area contributed by atoms with Crippen LogP contribution in [-0.2, 0) is 0 Å². The summed E-state index contributed by atoms with van der Waals surface area (Å²) < 4.78 is 5.57. The van der Waals surface area contributed by atoms with Gasteiger partial charge in [-0.3, -0.25) is 0 Å². The molecule has 0 bridgehead atoms. The zero-order chi connectivity index (χ0) is 13.8. The minimum atomic E-state index is -0.528. The van der Waals surface area contributed by atoms with Crippen molar-refractivity contribution in [3.63, 3.8) is 0 Å². The summed E-state index contributed by atoms with van der Waals surface area (Å²) in [6, 6.07) is 5.45. The third kappa shape index (κ3) is 7.63. The Bertz CT molecular complexity index is 392. The Labute approximate surface area is 126 Å². The molecule has 1 aromatic rings. The molecule has 19 heavy (non-hydrogen) atoms. The van der Waals surface area contributed by atoms with E-state index in [2.05, 4.69) is 26.1 Å². The van der Waals surface area contributed by atoms with Gasteiger partial charge in [0.25, 0.3) is 0 Å². The molecule has 0 aliphatic heterocycles. The van der Waals surface area contributed by atoms with Crippen molar-refractivity contribution in [2.75, 3.05) is 13.2 Å². The van der Waals surface area contributed by atoms with Crippen molar-refractivity contribution in [1.29, 1.82) is 0 Å². The summed E-state index contributed by atoms with van der Waals surface area (Å²) in [5.74, 6) is 0.759. The maximum absolute atomic E-state index is 9.81. The fraction of sp³-hybridized carbons (Fsp3) is 0.571. The van der Waals surface area contributed by atoms with E-state index in [0.29, 0.717) is 11.6 Å². The lowest BCUT2D eigenvalue weighted by molar-refractivity contribution is -0.00000597. The summed E-state index contributed by atoms with van der Waals surface area (Å²) in [5.41, 5.74) is 0.968. The van der Waals surface area contributed by atoms with Crippen molar-refractivity contribution in [2.24, 2.45) is 0 Å². The van der Waals surface area contributed by atoms with Gasteiger partial charge in [0, 0.05) is 17.1 Å². The third-order valence-corrected chi connectivity index (χ3v) is 2.67. The molecule has 0 fully saturated rings. The van der Waals surface area contributed by atoms with Gasteiger partial charge in [-0.2, -0.15) is 0 Å². The lowest BCUT2D eigenvalue weighted by Crippen LogP contribution is -3.00. The Morgan fingerprint density at radius 2 is 2.00 bits per heavy atom. The van der Waals surface area contributed by atoms with Crippen LogP contribution in [0.5, 0.6) is 5.75 Å². The van der Waals surface area contributed by atoms with Crippen LogP contribution in [0.1, 0.15) is 26.3 Å². The second-order valence-electron chi connectivity index (χ2n) is 5.51. The Morgan fingerprint density at radius 3 is 2.53 bits per heavy atom. The van der Waals surface area contributed by atoms with Crippen LogP contribution in [0.4, 0.5) is 0 Å². The van der Waals surface area contributed by atoms with Crippen molar-refractivity contribution in [3.8, 4) is 5.75 Å². The lowest BCUT2D eigenvalue weighted by atomic mass is 10.1. The molecule has 0 radical (unpaired) electrons. The van der Waals surface area contributed by atoms with E-state index in [1.54, 1.807) is 6.07 Å². The Balaban J connectivity index is 0.00000324. The van der Waals surface area contributed by atoms with Crippen LogP contribution in [0, 0.1) is 6.92 Å². The normalized spacial score (nSPS) is 12.7. The number of hydrogen-bond acceptors (Lipinski definition) is 3. The molecule has 1 aromatic carbocycles. The largest absolute Gasteiger partial charge is 1.00 e. The predicted octanol–water partition coefficient (Wildman–Crippen LogP) is -0.220. The van der Waals surface area contributed by atoms with Crippen LogP contribution in [0.3, 0.4) is 0 Å². The third-order valence-electron chi connectivity index (χ3n) is 2.44. The van der Waals surface area contributed by atoms with E-state index in [9.17, 15) is 5.11 Å². The fourth-order valence-corrected chi connectivity index (χ4v) is 1.67. The van der Waals surface area contributed by atoms with Gasteiger partial charge in [-0.05, 0) is 51.5 Å². The van der Waals surface area contributed by atoms with Crippen LogP contribution in [0.15, 0.2) is 18.2 Å². The number of hydrogen-bond donors (Lipinski definition) is 2. The minimum Gasteiger partial charge on any atom is -1.00 e. The molecule has 0 aromatic heterocycles. The van der Waals surface area contributed by atoms with E-state index in [0.717, 1.165) is 11.3 Å². The minimum absolute atomic E-state index is 0. The van der Waals surface area contributed by atoms with Crippen LogP contribution in [-0.4, -0.2) is 29.9 Å². The Kier molecular flexibility index (Phi) is 7.75. The molecule has 0 spiro atoms. The van der Waals surface area contributed by atoms with Crippen molar-refractivity contribution in [3.05, 3.63) is 28.8 Å². The van der Waals surface area contributed by atoms with Gasteiger partial charge in [-0.25, -0.2) is 0 Å². The van der Waals surface area contributed by atoms with Gasteiger partial charge in [0.1, 0.15) is 18.5 Å². The molecule has 1 atom stereocenters. The zero-order valence-corrected chi connectivity index (χ0v) is 13.3. The highest BCUT2D eigenvalue weighted by Gasteiger charge is 2.12. The predicted molar refractivity (Wildman–Crippen MR) is 75.4 cm³/mol. The summed E-state index contributed by atoms with van der Waals surface area (Å²) in [7, 11) is 0. The molecule has 1 rings (SSSR count). The first-order valence-corrected chi connectivity index (χ1v) is 6.48. The van der Waals surface area contributed by atoms with E-state index in [-0.39, 0.29) is 24.6 Å². The van der Waals surface area contributed by atoms with Gasteiger partial charge in [0.05, 0.1) is 0 Å². The molecule has 0 aliphatic rings. The maximum atomic E-state index is 9.81. The number of halogens is 2. The van der Waals surface area contributed by atoms with Gasteiger partial charge < -0.3 is 27.6 Å². The topological polar surface area (TPSA) is 41.5 Å². The van der Waals surface area contributed by atoms with Crippen LogP contribution < -0.4 is 22.5 Å². The van der Waals surface area contributed by atoms with Crippen molar-refractivity contribution < 1.29 is 22.3 Å². The number of aliphatic hydroxyl groups excluding tert-OH is 1. The molecule has 0 aliphatic carbocycles. The summed E-state index contributed by atoms with van der Waals surface area (Å²) in [5, 5.41) is 13.7. The molecule has 0 saturated heterocycles. The lowest BCUT2D eigenvalue weighted by Gasteiger charge is -2.23. The van der Waals surface area contributed by atoms with E-state index in [1.807, 2.05) is 19.1 Å². The first kappa shape index (κ1) is 18.5. The summed E-state index contributed by atoms with van der Waals surface area (Å²) in [6.07, 6.45) is -0.528. The summed E-state index contributed by atoms with van der Waals surface area (Å²) >= 11 is 5.86. The van der Waals surface area contributed by atoms with Crippen LogP contribution >= 0.6 is 11.6 Å². The van der Waals surface area contributed by atoms with E-state index in [4.69, 9.17) is 16.3 Å². The highest BCUT2D eigenvalue weighted by molar-refractivity contribution is 6.30. The van der Waals surface area contributed by atoms with Gasteiger partial charge in [-0.15, -0.1) is 0 Å². The van der Waals surface area contributed by atoms with Gasteiger partial charge in [0.2, 0.25) is 0 Å². The quantitative estimate of drug-likeness (QED) is 0.790. The second kappa shape index (κ2) is 7.95. The first-order chi connectivity index (χ1) is 8.28. The van der Waals surface area contributed by atoms with Crippen molar-refractivity contribution in [2.45, 2.75) is 39.3 Å². The Morgan fingerprint density at radius 1 is 1.37 bits per heavy atom. The second-order valence-corrected chi connectivity index (χ2v) is 5.94. The van der Waals surface area contributed by atoms with Crippen LogP contribution in [0.2, 0.25) is 5.02 Å². The smallest absolute Gasteiger partial charge is 0.122 e. The highest BCUT2D eigenvalue weighted by Crippen LogP contribution is 2.21. The average molecular weight is 307 g/mol. The highest BCUT2D eigenvalue weighted by atomic mass is 35.5. The molecule has 0 heterocycles. The molecule has 1 unspecified atom stereocenters. The van der Waals surface area contributed by atoms with Crippen molar-refractivity contribution in [1.82, 2.24) is 5.32 Å². The molecule has 2 N–H and O–H groups in total.